The van der Waals surface area contributed by atoms with Crippen LogP contribution >= 0.6 is 11.8 Å². The molecule has 1 heterocycles. The molecule has 1 aliphatic heterocycles. The number of aliphatic hydroxyl groups is 1. The molecule has 0 aromatic heterocycles. The second-order valence-corrected chi connectivity index (χ2v) is 6.11. The lowest BCUT2D eigenvalue weighted by Crippen LogP contribution is -2.44. The lowest BCUT2D eigenvalue weighted by molar-refractivity contribution is 0.173. The van der Waals surface area contributed by atoms with Gasteiger partial charge < -0.3 is 15.3 Å². The van der Waals surface area contributed by atoms with Gasteiger partial charge in [-0.3, -0.25) is 0 Å². The molecule has 0 saturated carbocycles. The molecule has 2 amide bonds. The Morgan fingerprint density at radius 2 is 2.33 bits per heavy atom. The van der Waals surface area contributed by atoms with Crippen LogP contribution in [0, 0.1) is 5.82 Å². The van der Waals surface area contributed by atoms with Gasteiger partial charge in [0.25, 0.3) is 0 Å². The van der Waals surface area contributed by atoms with E-state index in [4.69, 9.17) is 5.11 Å². The maximum absolute atomic E-state index is 13.8. The van der Waals surface area contributed by atoms with E-state index in [1.165, 1.54) is 17.8 Å². The van der Waals surface area contributed by atoms with E-state index >= 15 is 0 Å². The molecule has 21 heavy (non-hydrogen) atoms. The number of halogens is 1. The zero-order valence-electron chi connectivity index (χ0n) is 12.1. The molecule has 0 saturated heterocycles. The Hall–Kier alpha value is -1.27. The molecule has 0 fully saturated rings. The fourth-order valence-corrected chi connectivity index (χ4v) is 3.62. The summed E-state index contributed by atoms with van der Waals surface area (Å²) < 4.78 is 13.8. The van der Waals surface area contributed by atoms with E-state index < -0.39 is 0 Å². The highest BCUT2D eigenvalue weighted by molar-refractivity contribution is 7.99. The first-order valence-electron chi connectivity index (χ1n) is 7.24. The number of hydrogen-bond donors (Lipinski definition) is 2. The van der Waals surface area contributed by atoms with Gasteiger partial charge in [-0.25, -0.2) is 9.18 Å². The highest BCUT2D eigenvalue weighted by atomic mass is 32.2. The first kappa shape index (κ1) is 16.1. The number of nitrogens with zero attached hydrogens (tertiary/aromatic N) is 1. The second-order valence-electron chi connectivity index (χ2n) is 5.01. The van der Waals surface area contributed by atoms with Crippen LogP contribution in [-0.4, -0.2) is 41.5 Å². The quantitative estimate of drug-likeness (QED) is 0.879. The van der Waals surface area contributed by atoms with Crippen molar-refractivity contribution in [3.05, 3.63) is 29.6 Å². The van der Waals surface area contributed by atoms with Crippen molar-refractivity contribution in [1.82, 2.24) is 10.2 Å². The zero-order chi connectivity index (χ0) is 15.2. The number of fused-ring (bicyclic) bond motifs is 1. The number of carbonyl (C=O) groups is 1. The Morgan fingerprint density at radius 1 is 1.52 bits per heavy atom. The van der Waals surface area contributed by atoms with Crippen molar-refractivity contribution >= 4 is 17.8 Å². The van der Waals surface area contributed by atoms with Crippen molar-refractivity contribution in [2.75, 3.05) is 25.4 Å². The maximum Gasteiger partial charge on any atom is 0.317 e. The van der Waals surface area contributed by atoms with E-state index in [0.717, 1.165) is 24.2 Å². The van der Waals surface area contributed by atoms with Crippen LogP contribution in [0.1, 0.15) is 31.4 Å². The first-order chi connectivity index (χ1) is 10.2. The molecule has 0 bridgehead atoms. The predicted molar refractivity (Wildman–Crippen MR) is 82.0 cm³/mol. The van der Waals surface area contributed by atoms with Crippen LogP contribution in [0.4, 0.5) is 9.18 Å². The van der Waals surface area contributed by atoms with E-state index in [1.807, 2.05) is 13.0 Å². The standard InChI is InChI=1S/C15H21FN2O2S/c1-2-7-18(8-9-19)15(20)17-13-6-10-21-14-11(13)4-3-5-12(14)16/h3-5,13,19H,2,6-10H2,1H3,(H,17,20). The van der Waals surface area contributed by atoms with E-state index in [1.54, 1.807) is 11.0 Å². The first-order valence-corrected chi connectivity index (χ1v) is 8.23. The molecule has 1 aromatic rings. The molecular formula is C15H21FN2O2S. The molecule has 4 nitrogen and oxygen atoms in total. The van der Waals surface area contributed by atoms with Gasteiger partial charge in [0.1, 0.15) is 5.82 Å². The van der Waals surface area contributed by atoms with Crippen LogP contribution in [0.25, 0.3) is 0 Å². The third-order valence-corrected chi connectivity index (χ3v) is 4.63. The van der Waals surface area contributed by atoms with Gasteiger partial charge in [0.05, 0.1) is 12.6 Å². The maximum atomic E-state index is 13.8. The Kier molecular flexibility index (Phi) is 5.87. The van der Waals surface area contributed by atoms with Gasteiger partial charge in [0.2, 0.25) is 0 Å². The summed E-state index contributed by atoms with van der Waals surface area (Å²) in [6.45, 7) is 2.85. The van der Waals surface area contributed by atoms with Crippen molar-refractivity contribution in [2.24, 2.45) is 0 Å². The number of urea groups is 1. The molecule has 0 radical (unpaired) electrons. The molecule has 2 N–H and O–H groups in total. The van der Waals surface area contributed by atoms with Crippen LogP contribution in [0.3, 0.4) is 0 Å². The van der Waals surface area contributed by atoms with Crippen molar-refractivity contribution < 1.29 is 14.3 Å². The number of aliphatic hydroxyl groups excluding tert-OH is 1. The lowest BCUT2D eigenvalue weighted by atomic mass is 10.0. The summed E-state index contributed by atoms with van der Waals surface area (Å²) in [4.78, 5) is 14.5. The van der Waals surface area contributed by atoms with E-state index in [0.29, 0.717) is 18.0 Å². The van der Waals surface area contributed by atoms with Crippen molar-refractivity contribution in [1.29, 1.82) is 0 Å². The number of hydrogen-bond acceptors (Lipinski definition) is 3. The summed E-state index contributed by atoms with van der Waals surface area (Å²) in [5.41, 5.74) is 0.847. The van der Waals surface area contributed by atoms with Gasteiger partial charge in [-0.2, -0.15) is 0 Å². The normalized spacial score (nSPS) is 17.2. The summed E-state index contributed by atoms with van der Waals surface area (Å²) in [5, 5.41) is 12.0. The Balaban J connectivity index is 2.10. The number of benzene rings is 1. The summed E-state index contributed by atoms with van der Waals surface area (Å²) >= 11 is 1.50. The minimum Gasteiger partial charge on any atom is -0.395 e. The summed E-state index contributed by atoms with van der Waals surface area (Å²) in [6.07, 6.45) is 1.62. The van der Waals surface area contributed by atoms with Crippen molar-refractivity contribution in [2.45, 2.75) is 30.7 Å². The number of rotatable bonds is 5. The molecule has 2 rings (SSSR count). The molecule has 1 aliphatic rings. The average molecular weight is 312 g/mol. The number of thioether (sulfide) groups is 1. The van der Waals surface area contributed by atoms with Gasteiger partial charge >= 0.3 is 6.03 Å². The fourth-order valence-electron chi connectivity index (χ4n) is 2.48. The SMILES string of the molecule is CCCN(CCO)C(=O)NC1CCSc2c(F)cccc21. The number of nitrogens with one attached hydrogen (secondary N) is 1. The summed E-state index contributed by atoms with van der Waals surface area (Å²) in [7, 11) is 0. The molecule has 116 valence electrons. The summed E-state index contributed by atoms with van der Waals surface area (Å²) in [5.74, 6) is 0.560. The largest absolute Gasteiger partial charge is 0.395 e. The van der Waals surface area contributed by atoms with Gasteiger partial charge in [-0.15, -0.1) is 11.8 Å². The monoisotopic (exact) mass is 312 g/mol. The highest BCUT2D eigenvalue weighted by Crippen LogP contribution is 2.37. The van der Waals surface area contributed by atoms with E-state index in [-0.39, 0.29) is 24.5 Å². The minimum absolute atomic E-state index is 0.0564. The van der Waals surface area contributed by atoms with Crippen molar-refractivity contribution in [3.8, 4) is 0 Å². The summed E-state index contributed by atoms with van der Waals surface area (Å²) in [6, 6.07) is 4.63. The topological polar surface area (TPSA) is 52.6 Å². The van der Waals surface area contributed by atoms with Crippen LogP contribution < -0.4 is 5.32 Å². The average Bonchev–Trinajstić information content (AvgIpc) is 2.48. The van der Waals surface area contributed by atoms with Crippen LogP contribution in [0.2, 0.25) is 0 Å². The third-order valence-electron chi connectivity index (χ3n) is 3.47. The molecule has 1 unspecified atom stereocenters. The number of amides is 2. The van der Waals surface area contributed by atoms with Gasteiger partial charge in [-0.1, -0.05) is 19.1 Å². The molecule has 0 aliphatic carbocycles. The van der Waals surface area contributed by atoms with Crippen LogP contribution in [-0.2, 0) is 0 Å². The smallest absolute Gasteiger partial charge is 0.317 e. The van der Waals surface area contributed by atoms with Crippen LogP contribution in [0.5, 0.6) is 0 Å². The Labute approximate surface area is 128 Å². The van der Waals surface area contributed by atoms with Gasteiger partial charge in [0.15, 0.2) is 0 Å². The number of carbonyl (C=O) groups excluding carboxylic acids is 1. The molecule has 0 spiro atoms. The van der Waals surface area contributed by atoms with Crippen LogP contribution in [0.15, 0.2) is 23.1 Å². The Morgan fingerprint density at radius 3 is 3.05 bits per heavy atom. The fraction of sp³-hybridized carbons (Fsp3) is 0.533. The van der Waals surface area contributed by atoms with Gasteiger partial charge in [-0.05, 0) is 24.5 Å². The molecule has 1 atom stereocenters. The predicted octanol–water partition coefficient (Wildman–Crippen LogP) is 2.78. The second kappa shape index (κ2) is 7.66. The van der Waals surface area contributed by atoms with Gasteiger partial charge in [0, 0.05) is 23.7 Å². The molecular weight excluding hydrogens is 291 g/mol. The molecule has 1 aromatic carbocycles. The minimum atomic E-state index is -0.225. The Bertz CT molecular complexity index is 493. The molecule has 6 heteroatoms. The van der Waals surface area contributed by atoms with Crippen molar-refractivity contribution in [3.63, 3.8) is 0 Å². The van der Waals surface area contributed by atoms with E-state index in [9.17, 15) is 9.18 Å². The third kappa shape index (κ3) is 3.89. The highest BCUT2D eigenvalue weighted by Gasteiger charge is 2.25. The van der Waals surface area contributed by atoms with E-state index in [2.05, 4.69) is 5.32 Å². The lowest BCUT2D eigenvalue weighted by Gasteiger charge is -2.29. The zero-order valence-corrected chi connectivity index (χ0v) is 13.0.